The van der Waals surface area contributed by atoms with Crippen LogP contribution in [0.5, 0.6) is 0 Å². The number of carbonyl (C=O) groups is 2. The minimum Gasteiger partial charge on any atom is -0.331 e. The lowest BCUT2D eigenvalue weighted by Gasteiger charge is -2.12. The standard InChI is InChI=1S/C21H16BrF3N6O3/c1-3-16(32)20-29-18(30-34-20)9-31-10(2)15(8-26-31)28-19(33)13-7-17(21(23,24)25)27-14-5-4-11(22)6-12(13)14/h4-8H,3,9H2,1-2H3,(H,28,33). The lowest BCUT2D eigenvalue weighted by molar-refractivity contribution is -0.140. The van der Waals surface area contributed by atoms with Gasteiger partial charge in [0, 0.05) is 16.3 Å². The van der Waals surface area contributed by atoms with E-state index >= 15 is 0 Å². The Balaban J connectivity index is 1.62. The van der Waals surface area contributed by atoms with Gasteiger partial charge < -0.3 is 9.84 Å². The van der Waals surface area contributed by atoms with E-state index in [1.54, 1.807) is 19.9 Å². The average Bonchev–Trinajstić information content (AvgIpc) is 3.39. The number of ketones is 1. The summed E-state index contributed by atoms with van der Waals surface area (Å²) < 4.78 is 47.0. The van der Waals surface area contributed by atoms with Crippen molar-refractivity contribution in [2.45, 2.75) is 33.0 Å². The Hall–Kier alpha value is -3.61. The van der Waals surface area contributed by atoms with Crippen LogP contribution in [-0.4, -0.2) is 36.6 Å². The maximum absolute atomic E-state index is 13.4. The molecule has 0 aliphatic carbocycles. The molecule has 0 unspecified atom stereocenters. The number of pyridine rings is 1. The highest BCUT2D eigenvalue weighted by molar-refractivity contribution is 9.10. The van der Waals surface area contributed by atoms with Crippen LogP contribution in [0.2, 0.25) is 0 Å². The van der Waals surface area contributed by atoms with E-state index in [0.29, 0.717) is 10.2 Å². The highest BCUT2D eigenvalue weighted by Crippen LogP contribution is 2.32. The van der Waals surface area contributed by atoms with E-state index in [9.17, 15) is 22.8 Å². The molecule has 4 aromatic rings. The van der Waals surface area contributed by atoms with Crippen LogP contribution in [0, 0.1) is 6.92 Å². The molecule has 13 heteroatoms. The zero-order valence-corrected chi connectivity index (χ0v) is 19.4. The number of halogens is 4. The number of alkyl halides is 3. The number of nitrogens with zero attached hydrogens (tertiary/aromatic N) is 5. The zero-order valence-electron chi connectivity index (χ0n) is 17.8. The fourth-order valence-electron chi connectivity index (χ4n) is 3.17. The largest absolute Gasteiger partial charge is 0.433 e. The van der Waals surface area contributed by atoms with E-state index in [2.05, 4.69) is 41.5 Å². The summed E-state index contributed by atoms with van der Waals surface area (Å²) >= 11 is 3.27. The molecule has 9 nitrogen and oxygen atoms in total. The average molecular weight is 537 g/mol. The summed E-state index contributed by atoms with van der Waals surface area (Å²) in [5.41, 5.74) is -0.546. The Morgan fingerprint density at radius 1 is 1.21 bits per heavy atom. The summed E-state index contributed by atoms with van der Waals surface area (Å²) in [7, 11) is 0. The molecule has 176 valence electrons. The number of carbonyl (C=O) groups excluding carboxylic acids is 2. The number of anilines is 1. The van der Waals surface area contributed by atoms with Gasteiger partial charge in [0.05, 0.1) is 28.7 Å². The molecule has 0 radical (unpaired) electrons. The first-order chi connectivity index (χ1) is 16.1. The molecule has 0 saturated carbocycles. The predicted octanol–water partition coefficient (Wildman–Crippen LogP) is 4.80. The van der Waals surface area contributed by atoms with Crippen molar-refractivity contribution < 1.29 is 27.3 Å². The second-order valence-electron chi connectivity index (χ2n) is 7.26. The second-order valence-corrected chi connectivity index (χ2v) is 8.18. The van der Waals surface area contributed by atoms with Crippen molar-refractivity contribution in [1.82, 2.24) is 24.9 Å². The molecular formula is C21H16BrF3N6O3. The molecule has 0 fully saturated rings. The minimum absolute atomic E-state index is 0.0325. The van der Waals surface area contributed by atoms with Crippen molar-refractivity contribution in [3.8, 4) is 0 Å². The Kier molecular flexibility index (Phi) is 6.21. The Bertz CT molecular complexity index is 1410. The van der Waals surface area contributed by atoms with Crippen LogP contribution in [0.3, 0.4) is 0 Å². The third-order valence-electron chi connectivity index (χ3n) is 4.98. The molecule has 1 aromatic carbocycles. The predicted molar refractivity (Wildman–Crippen MR) is 117 cm³/mol. The monoisotopic (exact) mass is 536 g/mol. The number of fused-ring (bicyclic) bond motifs is 1. The van der Waals surface area contributed by atoms with Crippen LogP contribution in [-0.2, 0) is 12.7 Å². The van der Waals surface area contributed by atoms with Gasteiger partial charge in [-0.25, -0.2) is 4.98 Å². The summed E-state index contributed by atoms with van der Waals surface area (Å²) in [6.45, 7) is 3.38. The van der Waals surface area contributed by atoms with E-state index in [1.807, 2.05) is 0 Å². The van der Waals surface area contributed by atoms with Crippen molar-refractivity contribution in [3.05, 3.63) is 63.6 Å². The highest BCUT2D eigenvalue weighted by atomic mass is 79.9. The topological polar surface area (TPSA) is 116 Å². The highest BCUT2D eigenvalue weighted by Gasteiger charge is 2.34. The number of hydrogen-bond donors (Lipinski definition) is 1. The molecule has 3 heterocycles. The van der Waals surface area contributed by atoms with E-state index in [4.69, 9.17) is 4.52 Å². The van der Waals surface area contributed by atoms with Crippen molar-refractivity contribution in [1.29, 1.82) is 0 Å². The Morgan fingerprint density at radius 2 is 1.97 bits per heavy atom. The number of aromatic nitrogens is 5. The third-order valence-corrected chi connectivity index (χ3v) is 5.47. The summed E-state index contributed by atoms with van der Waals surface area (Å²) in [4.78, 5) is 32.3. The number of hydrogen-bond acceptors (Lipinski definition) is 7. The van der Waals surface area contributed by atoms with Gasteiger partial charge in [0.15, 0.2) is 5.82 Å². The van der Waals surface area contributed by atoms with Gasteiger partial charge in [-0.1, -0.05) is 28.0 Å². The summed E-state index contributed by atoms with van der Waals surface area (Å²) in [6.07, 6.45) is -3.15. The smallest absolute Gasteiger partial charge is 0.331 e. The molecule has 0 bridgehead atoms. The van der Waals surface area contributed by atoms with Crippen LogP contribution in [0.1, 0.15) is 51.6 Å². The molecular weight excluding hydrogens is 521 g/mol. The maximum atomic E-state index is 13.4. The number of amides is 1. The maximum Gasteiger partial charge on any atom is 0.433 e. The van der Waals surface area contributed by atoms with Crippen LogP contribution in [0.15, 0.2) is 39.5 Å². The van der Waals surface area contributed by atoms with Crippen molar-refractivity contribution >= 4 is 44.2 Å². The molecule has 0 aliphatic heterocycles. The van der Waals surface area contributed by atoms with Gasteiger partial charge in [0.25, 0.3) is 11.8 Å². The molecule has 1 amide bonds. The van der Waals surface area contributed by atoms with Crippen LogP contribution >= 0.6 is 15.9 Å². The van der Waals surface area contributed by atoms with Crippen molar-refractivity contribution in [3.63, 3.8) is 0 Å². The van der Waals surface area contributed by atoms with Gasteiger partial charge >= 0.3 is 6.18 Å². The van der Waals surface area contributed by atoms with E-state index in [0.717, 1.165) is 6.07 Å². The van der Waals surface area contributed by atoms with E-state index in [1.165, 1.54) is 23.0 Å². The number of rotatable bonds is 6. The Morgan fingerprint density at radius 3 is 2.68 bits per heavy atom. The van der Waals surface area contributed by atoms with Crippen LogP contribution in [0.25, 0.3) is 10.9 Å². The first-order valence-corrected chi connectivity index (χ1v) is 10.7. The van der Waals surface area contributed by atoms with Gasteiger partial charge in [-0.2, -0.15) is 23.3 Å². The van der Waals surface area contributed by atoms with Crippen LogP contribution < -0.4 is 5.32 Å². The molecule has 3 aromatic heterocycles. The summed E-state index contributed by atoms with van der Waals surface area (Å²) in [5.74, 6) is -0.944. The summed E-state index contributed by atoms with van der Waals surface area (Å²) in [5, 5.41) is 10.8. The lowest BCUT2D eigenvalue weighted by atomic mass is 10.1. The second kappa shape index (κ2) is 8.97. The Labute approximate surface area is 198 Å². The zero-order chi connectivity index (χ0) is 24.6. The number of nitrogens with one attached hydrogen (secondary N) is 1. The fourth-order valence-corrected chi connectivity index (χ4v) is 3.53. The summed E-state index contributed by atoms with van der Waals surface area (Å²) in [6, 6.07) is 5.19. The fraction of sp³-hybridized carbons (Fsp3) is 0.238. The van der Waals surface area contributed by atoms with Crippen molar-refractivity contribution in [2.75, 3.05) is 5.32 Å². The van der Waals surface area contributed by atoms with Gasteiger partial charge in [0.2, 0.25) is 5.78 Å². The molecule has 34 heavy (non-hydrogen) atoms. The quantitative estimate of drug-likeness (QED) is 0.352. The lowest BCUT2D eigenvalue weighted by Crippen LogP contribution is -2.16. The van der Waals surface area contributed by atoms with Gasteiger partial charge in [0.1, 0.15) is 12.2 Å². The SMILES string of the molecule is CCC(=O)c1nc(Cn2ncc(NC(=O)c3cc(C(F)(F)F)nc4ccc(Br)cc34)c2C)no1. The molecule has 0 spiro atoms. The van der Waals surface area contributed by atoms with E-state index in [-0.39, 0.29) is 52.6 Å². The van der Waals surface area contributed by atoms with E-state index < -0.39 is 17.8 Å². The first-order valence-electron chi connectivity index (χ1n) is 9.94. The minimum atomic E-state index is -4.72. The number of benzene rings is 1. The molecule has 0 aliphatic rings. The van der Waals surface area contributed by atoms with Gasteiger partial charge in [-0.15, -0.1) is 0 Å². The van der Waals surface area contributed by atoms with Crippen molar-refractivity contribution in [2.24, 2.45) is 0 Å². The molecule has 0 saturated heterocycles. The molecule has 4 rings (SSSR count). The normalized spacial score (nSPS) is 11.7. The molecule has 1 N–H and O–H groups in total. The first kappa shape index (κ1) is 23.5. The number of Topliss-reactive ketones (excluding diaryl/α,β-unsaturated/α-hetero) is 1. The molecule has 0 atom stereocenters. The van der Waals surface area contributed by atoms with Gasteiger partial charge in [-0.05, 0) is 31.2 Å². The van der Waals surface area contributed by atoms with Crippen LogP contribution in [0.4, 0.5) is 18.9 Å². The third kappa shape index (κ3) is 4.69. The van der Waals surface area contributed by atoms with Gasteiger partial charge in [-0.3, -0.25) is 14.3 Å².